The summed E-state index contributed by atoms with van der Waals surface area (Å²) in [6.07, 6.45) is 9.48. The van der Waals surface area contributed by atoms with E-state index in [1.54, 1.807) is 37.1 Å². The van der Waals surface area contributed by atoms with Gasteiger partial charge in [-0.05, 0) is 18.6 Å². The molecule has 0 aliphatic rings. The van der Waals surface area contributed by atoms with Gasteiger partial charge in [-0.3, -0.25) is 9.78 Å². The summed E-state index contributed by atoms with van der Waals surface area (Å²) in [4.78, 5) is 19.4. The monoisotopic (exact) mass is 260 g/mol. The number of pyridine rings is 1. The zero-order valence-corrected chi connectivity index (χ0v) is 10.5. The molecule has 2 heterocycles. The molecule has 0 saturated heterocycles. The molecule has 2 aromatic rings. The van der Waals surface area contributed by atoms with Gasteiger partial charge < -0.3 is 14.6 Å². The van der Waals surface area contributed by atoms with Gasteiger partial charge in [0.1, 0.15) is 5.75 Å². The molecule has 6 heteroatoms. The molecular formula is C13H16N4O2. The molecule has 6 nitrogen and oxygen atoms in total. The summed E-state index contributed by atoms with van der Waals surface area (Å²) in [6.45, 7) is 1.47. The predicted molar refractivity (Wildman–Crippen MR) is 69.6 cm³/mol. The Hall–Kier alpha value is -2.37. The lowest BCUT2D eigenvalue weighted by atomic mass is 10.4. The standard InChI is InChI=1S/C13H16N4O2/c18-13(10-19-12-3-1-4-14-9-12)16-5-2-7-17-8-6-15-11-17/h1,3-4,6,8-9,11H,2,5,7,10H2,(H,16,18). The maximum atomic E-state index is 11.5. The van der Waals surface area contributed by atoms with E-state index >= 15 is 0 Å². The summed E-state index contributed by atoms with van der Waals surface area (Å²) in [7, 11) is 0. The minimum atomic E-state index is -0.130. The zero-order chi connectivity index (χ0) is 13.3. The first-order valence-corrected chi connectivity index (χ1v) is 6.10. The van der Waals surface area contributed by atoms with E-state index in [9.17, 15) is 4.79 Å². The number of nitrogens with one attached hydrogen (secondary N) is 1. The Kier molecular flexibility index (Phi) is 4.92. The summed E-state index contributed by atoms with van der Waals surface area (Å²) in [5.74, 6) is 0.463. The number of hydrogen-bond acceptors (Lipinski definition) is 4. The molecule has 0 aliphatic heterocycles. The molecule has 0 atom stereocenters. The third-order valence-electron chi connectivity index (χ3n) is 2.48. The van der Waals surface area contributed by atoms with Gasteiger partial charge in [-0.15, -0.1) is 0 Å². The van der Waals surface area contributed by atoms with Crippen LogP contribution in [0.15, 0.2) is 43.2 Å². The van der Waals surface area contributed by atoms with Crippen LogP contribution in [-0.2, 0) is 11.3 Å². The fraction of sp³-hybridized carbons (Fsp3) is 0.308. The van der Waals surface area contributed by atoms with Crippen molar-refractivity contribution in [3.05, 3.63) is 43.2 Å². The summed E-state index contributed by atoms with van der Waals surface area (Å²) >= 11 is 0. The number of amides is 1. The smallest absolute Gasteiger partial charge is 0.257 e. The molecule has 0 radical (unpaired) electrons. The van der Waals surface area contributed by atoms with E-state index in [0.29, 0.717) is 12.3 Å². The van der Waals surface area contributed by atoms with Crippen LogP contribution in [-0.4, -0.2) is 33.6 Å². The van der Waals surface area contributed by atoms with Crippen molar-refractivity contribution in [1.29, 1.82) is 0 Å². The highest BCUT2D eigenvalue weighted by Crippen LogP contribution is 2.05. The molecule has 0 spiro atoms. The Balaban J connectivity index is 1.57. The van der Waals surface area contributed by atoms with E-state index in [2.05, 4.69) is 15.3 Å². The minimum absolute atomic E-state index is 0.0107. The van der Waals surface area contributed by atoms with Crippen molar-refractivity contribution in [3.8, 4) is 5.75 Å². The van der Waals surface area contributed by atoms with Crippen LogP contribution in [0.2, 0.25) is 0 Å². The van der Waals surface area contributed by atoms with Crippen molar-refractivity contribution >= 4 is 5.91 Å². The van der Waals surface area contributed by atoms with Gasteiger partial charge in [0.25, 0.3) is 5.91 Å². The predicted octanol–water partition coefficient (Wildman–Crippen LogP) is 0.863. The second-order valence-corrected chi connectivity index (χ2v) is 3.98. The molecule has 0 aliphatic carbocycles. The Morgan fingerprint density at radius 3 is 3.05 bits per heavy atom. The Morgan fingerprint density at radius 2 is 2.32 bits per heavy atom. The lowest BCUT2D eigenvalue weighted by Gasteiger charge is -2.07. The maximum Gasteiger partial charge on any atom is 0.257 e. The van der Waals surface area contributed by atoms with E-state index < -0.39 is 0 Å². The van der Waals surface area contributed by atoms with Gasteiger partial charge in [-0.1, -0.05) is 0 Å². The maximum absolute atomic E-state index is 11.5. The summed E-state index contributed by atoms with van der Waals surface area (Å²) in [5, 5.41) is 2.80. The fourth-order valence-electron chi connectivity index (χ4n) is 1.54. The molecular weight excluding hydrogens is 244 g/mol. The number of rotatable bonds is 7. The van der Waals surface area contributed by atoms with Gasteiger partial charge in [0.2, 0.25) is 0 Å². The third-order valence-corrected chi connectivity index (χ3v) is 2.48. The number of aromatic nitrogens is 3. The highest BCUT2D eigenvalue weighted by Gasteiger charge is 2.01. The van der Waals surface area contributed by atoms with Crippen molar-refractivity contribution in [2.24, 2.45) is 0 Å². The van der Waals surface area contributed by atoms with Gasteiger partial charge >= 0.3 is 0 Å². The van der Waals surface area contributed by atoms with Gasteiger partial charge in [0, 0.05) is 31.7 Å². The molecule has 1 N–H and O–H groups in total. The molecule has 0 unspecified atom stereocenters. The minimum Gasteiger partial charge on any atom is -0.482 e. The highest BCUT2D eigenvalue weighted by atomic mass is 16.5. The largest absolute Gasteiger partial charge is 0.482 e. The van der Waals surface area contributed by atoms with Crippen LogP contribution in [0.1, 0.15) is 6.42 Å². The van der Waals surface area contributed by atoms with Crippen LogP contribution in [0.4, 0.5) is 0 Å². The van der Waals surface area contributed by atoms with Crippen LogP contribution in [0, 0.1) is 0 Å². The van der Waals surface area contributed by atoms with Gasteiger partial charge in [0.15, 0.2) is 6.61 Å². The normalized spacial score (nSPS) is 10.1. The van der Waals surface area contributed by atoms with Crippen LogP contribution >= 0.6 is 0 Å². The zero-order valence-electron chi connectivity index (χ0n) is 10.5. The lowest BCUT2D eigenvalue weighted by molar-refractivity contribution is -0.123. The number of imidazole rings is 1. The molecule has 0 fully saturated rings. The van der Waals surface area contributed by atoms with Crippen molar-refractivity contribution in [1.82, 2.24) is 19.9 Å². The van der Waals surface area contributed by atoms with Crippen LogP contribution in [0.3, 0.4) is 0 Å². The van der Waals surface area contributed by atoms with E-state index in [0.717, 1.165) is 13.0 Å². The Bertz CT molecular complexity index is 485. The van der Waals surface area contributed by atoms with Crippen LogP contribution < -0.4 is 10.1 Å². The van der Waals surface area contributed by atoms with Crippen molar-refractivity contribution < 1.29 is 9.53 Å². The first kappa shape index (κ1) is 13.1. The molecule has 19 heavy (non-hydrogen) atoms. The third kappa shape index (κ3) is 4.79. The Labute approximate surface area is 111 Å². The van der Waals surface area contributed by atoms with Crippen molar-refractivity contribution in [3.63, 3.8) is 0 Å². The second kappa shape index (κ2) is 7.15. The number of nitrogens with zero attached hydrogens (tertiary/aromatic N) is 3. The van der Waals surface area contributed by atoms with E-state index in [1.165, 1.54) is 0 Å². The number of carbonyl (C=O) groups excluding carboxylic acids is 1. The van der Waals surface area contributed by atoms with E-state index in [-0.39, 0.29) is 12.5 Å². The summed E-state index contributed by atoms with van der Waals surface area (Å²) in [6, 6.07) is 3.53. The number of carbonyl (C=O) groups is 1. The van der Waals surface area contributed by atoms with Gasteiger partial charge in [-0.2, -0.15) is 0 Å². The number of hydrogen-bond donors (Lipinski definition) is 1. The SMILES string of the molecule is O=C(COc1cccnc1)NCCCn1ccnc1. The first-order valence-electron chi connectivity index (χ1n) is 6.10. The molecule has 2 rings (SSSR count). The number of aryl methyl sites for hydroxylation is 1. The highest BCUT2D eigenvalue weighted by molar-refractivity contribution is 5.77. The second-order valence-electron chi connectivity index (χ2n) is 3.98. The summed E-state index contributed by atoms with van der Waals surface area (Å²) in [5.41, 5.74) is 0. The van der Waals surface area contributed by atoms with Crippen LogP contribution in [0.25, 0.3) is 0 Å². The average molecular weight is 260 g/mol. The van der Waals surface area contributed by atoms with Crippen molar-refractivity contribution in [2.75, 3.05) is 13.2 Å². The average Bonchev–Trinajstić information content (AvgIpc) is 2.96. The fourth-order valence-corrected chi connectivity index (χ4v) is 1.54. The van der Waals surface area contributed by atoms with Crippen molar-refractivity contribution in [2.45, 2.75) is 13.0 Å². The number of ether oxygens (including phenoxy) is 1. The first-order chi connectivity index (χ1) is 9.34. The summed E-state index contributed by atoms with van der Waals surface area (Å²) < 4.78 is 7.25. The molecule has 0 aromatic carbocycles. The molecule has 0 saturated carbocycles. The molecule has 2 aromatic heterocycles. The van der Waals surface area contributed by atoms with Gasteiger partial charge in [-0.25, -0.2) is 4.98 Å². The molecule has 100 valence electrons. The van der Waals surface area contributed by atoms with E-state index in [1.807, 2.05) is 10.8 Å². The molecule has 0 bridgehead atoms. The van der Waals surface area contributed by atoms with Crippen LogP contribution in [0.5, 0.6) is 5.75 Å². The van der Waals surface area contributed by atoms with E-state index in [4.69, 9.17) is 4.74 Å². The quantitative estimate of drug-likeness (QED) is 0.750. The van der Waals surface area contributed by atoms with Gasteiger partial charge in [0.05, 0.1) is 12.5 Å². The Morgan fingerprint density at radius 1 is 1.37 bits per heavy atom. The molecule has 1 amide bonds. The topological polar surface area (TPSA) is 69.0 Å². The lowest BCUT2D eigenvalue weighted by Crippen LogP contribution is -2.30.